The van der Waals surface area contributed by atoms with Crippen molar-refractivity contribution in [1.29, 1.82) is 0 Å². The van der Waals surface area contributed by atoms with Gasteiger partial charge in [0.2, 0.25) is 0 Å². The largest absolute Gasteiger partial charge is 0.453 e. The summed E-state index contributed by atoms with van der Waals surface area (Å²) in [5, 5.41) is 5.66. The lowest BCUT2D eigenvalue weighted by atomic mass is 10.3. The highest BCUT2D eigenvalue weighted by molar-refractivity contribution is 5.97. The minimum atomic E-state index is -0.372. The van der Waals surface area contributed by atoms with Crippen molar-refractivity contribution in [3.8, 4) is 0 Å². The molecule has 0 radical (unpaired) electrons. The van der Waals surface area contributed by atoms with E-state index in [9.17, 15) is 9.59 Å². The molecule has 6 heteroatoms. The number of hydrogen-bond donors (Lipinski definition) is 2. The molecule has 1 unspecified atom stereocenters. The first kappa shape index (κ1) is 12.8. The standard InChI is InChI=1S/C10H18N4O2/c1-3-11-6-5-7-14(4-2)9(15)12-8-13-10(14)16/h8,11H,3-7H2,1-2H3/p+1. The minimum absolute atomic E-state index is 0.220. The molecule has 90 valence electrons. The van der Waals surface area contributed by atoms with Crippen LogP contribution in [0, 0.1) is 0 Å². The third-order valence-electron chi connectivity index (χ3n) is 2.80. The second-order valence-corrected chi connectivity index (χ2v) is 3.71. The number of rotatable bonds is 6. The molecule has 1 rings (SSSR count). The first-order chi connectivity index (χ1) is 7.67. The molecule has 16 heavy (non-hydrogen) atoms. The number of quaternary nitrogens is 1. The maximum absolute atomic E-state index is 11.8. The van der Waals surface area contributed by atoms with E-state index < -0.39 is 0 Å². The lowest BCUT2D eigenvalue weighted by Gasteiger charge is -2.31. The number of urea groups is 2. The van der Waals surface area contributed by atoms with Gasteiger partial charge in [-0.3, -0.25) is 5.32 Å². The van der Waals surface area contributed by atoms with Crippen molar-refractivity contribution >= 4 is 18.4 Å². The van der Waals surface area contributed by atoms with Gasteiger partial charge in [-0.05, 0) is 13.5 Å². The van der Waals surface area contributed by atoms with Crippen LogP contribution in [-0.4, -0.2) is 49.1 Å². The molecule has 0 aromatic heterocycles. The smallest absolute Gasteiger partial charge is 0.317 e. The average Bonchev–Trinajstić information content (AvgIpc) is 2.28. The predicted molar refractivity (Wildman–Crippen MR) is 61.2 cm³/mol. The van der Waals surface area contributed by atoms with Gasteiger partial charge in [-0.1, -0.05) is 6.92 Å². The van der Waals surface area contributed by atoms with Gasteiger partial charge in [0.05, 0.1) is 13.1 Å². The molecule has 6 nitrogen and oxygen atoms in total. The highest BCUT2D eigenvalue weighted by Gasteiger charge is 2.44. The van der Waals surface area contributed by atoms with Crippen molar-refractivity contribution in [3.05, 3.63) is 0 Å². The zero-order valence-electron chi connectivity index (χ0n) is 9.82. The van der Waals surface area contributed by atoms with Crippen LogP contribution in [0.3, 0.4) is 0 Å². The first-order valence-corrected chi connectivity index (χ1v) is 5.63. The Kier molecular flexibility index (Phi) is 4.57. The predicted octanol–water partition coefficient (Wildman–Crippen LogP) is 0.694. The summed E-state index contributed by atoms with van der Waals surface area (Å²) in [5.41, 5.74) is 0. The van der Waals surface area contributed by atoms with Crippen molar-refractivity contribution in [2.75, 3.05) is 26.2 Å². The quantitative estimate of drug-likeness (QED) is 0.518. The van der Waals surface area contributed by atoms with Gasteiger partial charge < -0.3 is 5.32 Å². The van der Waals surface area contributed by atoms with Gasteiger partial charge in [0, 0.05) is 13.0 Å². The van der Waals surface area contributed by atoms with Crippen molar-refractivity contribution in [2.45, 2.75) is 20.3 Å². The first-order valence-electron chi connectivity index (χ1n) is 5.63. The third-order valence-corrected chi connectivity index (χ3v) is 2.80. The second kappa shape index (κ2) is 5.72. The van der Waals surface area contributed by atoms with Gasteiger partial charge in [0.15, 0.2) is 0 Å². The molecule has 0 aliphatic carbocycles. The Bertz CT molecular complexity index is 303. The third kappa shape index (κ3) is 2.45. The number of carbonyl (C=O) groups excluding carboxylic acids is 2. The number of hydrogen-bond acceptors (Lipinski definition) is 3. The minimum Gasteiger partial charge on any atom is -0.317 e. The normalized spacial score (nSPS) is 24.6. The van der Waals surface area contributed by atoms with Gasteiger partial charge in [-0.2, -0.15) is 4.48 Å². The Hall–Kier alpha value is -1.27. The average molecular weight is 227 g/mol. The van der Waals surface area contributed by atoms with Gasteiger partial charge in [-0.25, -0.2) is 9.59 Å². The lowest BCUT2D eigenvalue weighted by Crippen LogP contribution is -2.62. The van der Waals surface area contributed by atoms with Crippen LogP contribution < -0.4 is 10.6 Å². The molecule has 4 amide bonds. The fourth-order valence-corrected chi connectivity index (χ4v) is 1.75. The van der Waals surface area contributed by atoms with Gasteiger partial charge in [0.1, 0.15) is 6.34 Å². The van der Waals surface area contributed by atoms with Crippen LogP contribution in [0.2, 0.25) is 0 Å². The molecular weight excluding hydrogens is 208 g/mol. The van der Waals surface area contributed by atoms with Crippen LogP contribution in [-0.2, 0) is 0 Å². The Morgan fingerprint density at radius 2 is 2.19 bits per heavy atom. The maximum atomic E-state index is 11.8. The summed E-state index contributed by atoms with van der Waals surface area (Å²) < 4.78 is -0.220. The SMILES string of the molecule is CCNCCC[N+]1(CC)C(=O)N=CNC1=O. The summed E-state index contributed by atoms with van der Waals surface area (Å²) >= 11 is 0. The van der Waals surface area contributed by atoms with Gasteiger partial charge in [0.25, 0.3) is 0 Å². The molecule has 0 aromatic carbocycles. The van der Waals surface area contributed by atoms with Crippen LogP contribution in [0.5, 0.6) is 0 Å². The van der Waals surface area contributed by atoms with Crippen LogP contribution in [0.1, 0.15) is 20.3 Å². The topological polar surface area (TPSA) is 70.6 Å². The van der Waals surface area contributed by atoms with Crippen molar-refractivity contribution in [1.82, 2.24) is 10.6 Å². The molecule has 0 saturated heterocycles. The van der Waals surface area contributed by atoms with Gasteiger partial charge >= 0.3 is 12.1 Å². The number of imide groups is 1. The van der Waals surface area contributed by atoms with E-state index in [1.165, 1.54) is 6.34 Å². The Labute approximate surface area is 95.3 Å². The molecule has 0 bridgehead atoms. The summed E-state index contributed by atoms with van der Waals surface area (Å²) in [6.45, 7) is 6.48. The number of carbonyl (C=O) groups is 2. The Morgan fingerprint density at radius 1 is 1.44 bits per heavy atom. The molecule has 1 atom stereocenters. The Morgan fingerprint density at radius 3 is 2.75 bits per heavy atom. The van der Waals surface area contributed by atoms with E-state index in [0.717, 1.165) is 19.5 Å². The van der Waals surface area contributed by atoms with E-state index in [1.54, 1.807) is 0 Å². The van der Waals surface area contributed by atoms with Crippen LogP contribution >= 0.6 is 0 Å². The Balaban J connectivity index is 2.64. The summed E-state index contributed by atoms with van der Waals surface area (Å²) in [6, 6.07) is -0.651. The summed E-state index contributed by atoms with van der Waals surface area (Å²) in [7, 11) is 0. The number of aliphatic imine (C=N–C) groups is 1. The molecular formula is C10H19N4O2+. The molecule has 1 heterocycles. The summed E-state index contributed by atoms with van der Waals surface area (Å²) in [5.74, 6) is 0. The van der Waals surface area contributed by atoms with Crippen LogP contribution in [0.25, 0.3) is 0 Å². The van der Waals surface area contributed by atoms with Crippen LogP contribution in [0.15, 0.2) is 4.99 Å². The molecule has 0 spiro atoms. The number of nitrogens with zero attached hydrogens (tertiary/aromatic N) is 2. The lowest BCUT2D eigenvalue weighted by molar-refractivity contribution is -0.766. The highest BCUT2D eigenvalue weighted by atomic mass is 16.2. The van der Waals surface area contributed by atoms with E-state index in [0.29, 0.717) is 13.1 Å². The van der Waals surface area contributed by atoms with Crippen LogP contribution in [0.4, 0.5) is 9.59 Å². The zero-order valence-corrected chi connectivity index (χ0v) is 9.82. The van der Waals surface area contributed by atoms with E-state index in [-0.39, 0.29) is 16.5 Å². The molecule has 1 aliphatic heterocycles. The van der Waals surface area contributed by atoms with Crippen molar-refractivity contribution < 1.29 is 14.1 Å². The fraction of sp³-hybridized carbons (Fsp3) is 0.700. The van der Waals surface area contributed by atoms with Crippen molar-refractivity contribution in [2.24, 2.45) is 4.99 Å². The summed E-state index contributed by atoms with van der Waals surface area (Å²) in [6.07, 6.45) is 1.94. The summed E-state index contributed by atoms with van der Waals surface area (Å²) in [4.78, 5) is 27.1. The highest BCUT2D eigenvalue weighted by Crippen LogP contribution is 2.14. The maximum Gasteiger partial charge on any atom is 0.453 e. The fourth-order valence-electron chi connectivity index (χ4n) is 1.75. The van der Waals surface area contributed by atoms with Crippen molar-refractivity contribution in [3.63, 3.8) is 0 Å². The molecule has 0 fully saturated rings. The number of nitrogens with one attached hydrogen (secondary N) is 2. The molecule has 2 N–H and O–H groups in total. The monoisotopic (exact) mass is 227 g/mol. The number of amides is 4. The zero-order chi connectivity index (χ0) is 12.0. The van der Waals surface area contributed by atoms with E-state index in [4.69, 9.17) is 0 Å². The second-order valence-electron chi connectivity index (χ2n) is 3.71. The van der Waals surface area contributed by atoms with E-state index >= 15 is 0 Å². The molecule has 0 aromatic rings. The van der Waals surface area contributed by atoms with E-state index in [2.05, 4.69) is 15.6 Å². The van der Waals surface area contributed by atoms with E-state index in [1.807, 2.05) is 13.8 Å². The van der Waals surface area contributed by atoms with Gasteiger partial charge in [-0.15, -0.1) is 4.99 Å². The molecule has 1 aliphatic rings. The molecule has 0 saturated carbocycles.